The minimum absolute atomic E-state index is 0.0880. The van der Waals surface area contributed by atoms with Crippen LogP contribution in [0, 0.1) is 5.92 Å². The second kappa shape index (κ2) is 8.50. The zero-order valence-corrected chi connectivity index (χ0v) is 13.5. The number of carbonyl (C=O) groups excluding carboxylic acids is 1. The van der Waals surface area contributed by atoms with E-state index < -0.39 is 0 Å². The average Bonchev–Trinajstić information content (AvgIpc) is 2.53. The maximum Gasteiger partial charge on any atom is 0.140 e. The highest BCUT2D eigenvalue weighted by molar-refractivity contribution is 5.83. The summed E-state index contributed by atoms with van der Waals surface area (Å²) in [6.07, 6.45) is 2.28. The molecule has 2 aromatic rings. The SMILES string of the molecule is CN(C)CCC(Cc1ccccc1)C(=O)Cc1ccccc1. The lowest BCUT2D eigenvalue weighted by atomic mass is 9.89. The van der Waals surface area contributed by atoms with E-state index in [4.69, 9.17) is 0 Å². The van der Waals surface area contributed by atoms with Gasteiger partial charge in [-0.1, -0.05) is 60.7 Å². The van der Waals surface area contributed by atoms with Gasteiger partial charge in [-0.2, -0.15) is 0 Å². The largest absolute Gasteiger partial charge is 0.309 e. The number of benzene rings is 2. The van der Waals surface area contributed by atoms with Crippen LogP contribution in [0.3, 0.4) is 0 Å². The molecule has 22 heavy (non-hydrogen) atoms. The van der Waals surface area contributed by atoms with E-state index in [0.717, 1.165) is 24.9 Å². The maximum absolute atomic E-state index is 12.7. The minimum Gasteiger partial charge on any atom is -0.309 e. The number of nitrogens with zero attached hydrogens (tertiary/aromatic N) is 1. The van der Waals surface area contributed by atoms with Crippen LogP contribution in [0.5, 0.6) is 0 Å². The van der Waals surface area contributed by atoms with Gasteiger partial charge in [0.25, 0.3) is 0 Å². The van der Waals surface area contributed by atoms with Crippen LogP contribution >= 0.6 is 0 Å². The predicted molar refractivity (Wildman–Crippen MR) is 92.0 cm³/mol. The van der Waals surface area contributed by atoms with Crippen molar-refractivity contribution in [1.82, 2.24) is 4.90 Å². The summed E-state index contributed by atoms with van der Waals surface area (Å²) >= 11 is 0. The van der Waals surface area contributed by atoms with Crippen molar-refractivity contribution < 1.29 is 4.79 Å². The van der Waals surface area contributed by atoms with Gasteiger partial charge < -0.3 is 4.90 Å². The van der Waals surface area contributed by atoms with E-state index in [1.54, 1.807) is 0 Å². The molecule has 0 saturated carbocycles. The number of rotatable bonds is 8. The quantitative estimate of drug-likeness (QED) is 0.741. The first-order valence-corrected chi connectivity index (χ1v) is 7.90. The molecule has 2 heteroatoms. The molecule has 0 heterocycles. The van der Waals surface area contributed by atoms with Crippen molar-refractivity contribution in [2.45, 2.75) is 19.3 Å². The van der Waals surface area contributed by atoms with Gasteiger partial charge in [0.05, 0.1) is 0 Å². The second-order valence-electron chi connectivity index (χ2n) is 6.11. The Kier molecular flexibility index (Phi) is 6.35. The van der Waals surface area contributed by atoms with Gasteiger partial charge in [0, 0.05) is 12.3 Å². The smallest absolute Gasteiger partial charge is 0.140 e. The summed E-state index contributed by atoms with van der Waals surface area (Å²) < 4.78 is 0. The Balaban J connectivity index is 2.04. The van der Waals surface area contributed by atoms with Crippen molar-refractivity contribution in [3.8, 4) is 0 Å². The molecule has 1 unspecified atom stereocenters. The lowest BCUT2D eigenvalue weighted by molar-refractivity contribution is -0.122. The van der Waals surface area contributed by atoms with Gasteiger partial charge in [-0.25, -0.2) is 0 Å². The molecule has 2 rings (SSSR count). The van der Waals surface area contributed by atoms with Crippen LogP contribution in [0.25, 0.3) is 0 Å². The summed E-state index contributed by atoms with van der Waals surface area (Å²) in [4.78, 5) is 14.9. The third kappa shape index (κ3) is 5.45. The molecule has 0 N–H and O–H groups in total. The Labute approximate surface area is 133 Å². The van der Waals surface area contributed by atoms with Crippen molar-refractivity contribution in [1.29, 1.82) is 0 Å². The average molecular weight is 295 g/mol. The molecular formula is C20H25NO. The lowest BCUT2D eigenvalue weighted by Gasteiger charge is -2.18. The highest BCUT2D eigenvalue weighted by Gasteiger charge is 2.19. The van der Waals surface area contributed by atoms with Crippen LogP contribution in [-0.2, 0) is 17.6 Å². The summed E-state index contributed by atoms with van der Waals surface area (Å²) in [5.41, 5.74) is 2.35. The first-order valence-electron chi connectivity index (χ1n) is 7.90. The number of Topliss-reactive ketones (excluding diaryl/α,β-unsaturated/α-hetero) is 1. The fourth-order valence-electron chi connectivity index (χ4n) is 2.63. The molecule has 2 aromatic carbocycles. The van der Waals surface area contributed by atoms with Crippen molar-refractivity contribution in [2.24, 2.45) is 5.92 Å². The molecule has 0 bridgehead atoms. The molecule has 1 atom stereocenters. The summed E-state index contributed by atoms with van der Waals surface area (Å²) in [6.45, 7) is 0.942. The van der Waals surface area contributed by atoms with Crippen LogP contribution in [0.4, 0.5) is 0 Å². The Bertz CT molecular complexity index is 563. The monoisotopic (exact) mass is 295 g/mol. The van der Waals surface area contributed by atoms with E-state index in [1.165, 1.54) is 5.56 Å². The second-order valence-corrected chi connectivity index (χ2v) is 6.11. The van der Waals surface area contributed by atoms with E-state index in [2.05, 4.69) is 31.1 Å². The van der Waals surface area contributed by atoms with Gasteiger partial charge in [0.15, 0.2) is 0 Å². The standard InChI is InChI=1S/C20H25NO/c1-21(2)14-13-19(15-17-9-5-3-6-10-17)20(22)16-18-11-7-4-8-12-18/h3-12,19H,13-16H2,1-2H3. The fraction of sp³-hybridized carbons (Fsp3) is 0.350. The van der Waals surface area contributed by atoms with Gasteiger partial charge in [-0.15, -0.1) is 0 Å². The van der Waals surface area contributed by atoms with Crippen molar-refractivity contribution in [3.05, 3.63) is 71.8 Å². The molecule has 0 aromatic heterocycles. The first kappa shape index (κ1) is 16.4. The minimum atomic E-state index is 0.0880. The van der Waals surface area contributed by atoms with Crippen LogP contribution in [0.1, 0.15) is 17.5 Å². The van der Waals surface area contributed by atoms with Crippen molar-refractivity contribution in [2.75, 3.05) is 20.6 Å². The number of carbonyl (C=O) groups is 1. The summed E-state index contributed by atoms with van der Waals surface area (Å²) in [7, 11) is 4.11. The zero-order chi connectivity index (χ0) is 15.8. The summed E-state index contributed by atoms with van der Waals surface area (Å²) in [5, 5.41) is 0. The Morgan fingerprint density at radius 1 is 0.909 bits per heavy atom. The van der Waals surface area contributed by atoms with Gasteiger partial charge in [-0.05, 0) is 44.6 Å². The van der Waals surface area contributed by atoms with E-state index in [-0.39, 0.29) is 5.92 Å². The molecule has 0 spiro atoms. The fourth-order valence-corrected chi connectivity index (χ4v) is 2.63. The maximum atomic E-state index is 12.7. The van der Waals surface area contributed by atoms with Gasteiger partial charge in [0.2, 0.25) is 0 Å². The van der Waals surface area contributed by atoms with Crippen LogP contribution in [0.15, 0.2) is 60.7 Å². The molecule has 0 radical (unpaired) electrons. The van der Waals surface area contributed by atoms with Gasteiger partial charge in [0.1, 0.15) is 5.78 Å². The van der Waals surface area contributed by atoms with E-state index >= 15 is 0 Å². The van der Waals surface area contributed by atoms with Gasteiger partial charge >= 0.3 is 0 Å². The third-order valence-electron chi connectivity index (χ3n) is 3.93. The van der Waals surface area contributed by atoms with Crippen LogP contribution < -0.4 is 0 Å². The molecular weight excluding hydrogens is 270 g/mol. The Morgan fingerprint density at radius 3 is 2.00 bits per heavy atom. The number of hydrogen-bond acceptors (Lipinski definition) is 2. The highest BCUT2D eigenvalue weighted by Crippen LogP contribution is 2.16. The molecule has 0 aliphatic heterocycles. The van der Waals surface area contributed by atoms with Crippen molar-refractivity contribution >= 4 is 5.78 Å². The summed E-state index contributed by atoms with van der Waals surface area (Å²) in [5.74, 6) is 0.432. The zero-order valence-electron chi connectivity index (χ0n) is 13.5. The molecule has 0 amide bonds. The molecule has 0 fully saturated rings. The number of ketones is 1. The molecule has 0 saturated heterocycles. The van der Waals surface area contributed by atoms with Crippen molar-refractivity contribution in [3.63, 3.8) is 0 Å². The van der Waals surface area contributed by atoms with Gasteiger partial charge in [-0.3, -0.25) is 4.79 Å². The topological polar surface area (TPSA) is 20.3 Å². The number of hydrogen-bond donors (Lipinski definition) is 0. The molecule has 0 aliphatic carbocycles. The molecule has 0 aliphatic rings. The normalized spacial score (nSPS) is 12.3. The predicted octanol–water partition coefficient (Wildman–Crippen LogP) is 3.61. The Morgan fingerprint density at radius 2 is 1.45 bits per heavy atom. The van der Waals surface area contributed by atoms with E-state index in [9.17, 15) is 4.79 Å². The molecule has 2 nitrogen and oxygen atoms in total. The van der Waals surface area contributed by atoms with Crippen LogP contribution in [0.2, 0.25) is 0 Å². The van der Waals surface area contributed by atoms with Crippen LogP contribution in [-0.4, -0.2) is 31.3 Å². The first-order chi connectivity index (χ1) is 10.6. The van der Waals surface area contributed by atoms with E-state index in [1.807, 2.05) is 48.5 Å². The molecule has 116 valence electrons. The lowest BCUT2D eigenvalue weighted by Crippen LogP contribution is -2.24. The van der Waals surface area contributed by atoms with E-state index in [0.29, 0.717) is 12.2 Å². The highest BCUT2D eigenvalue weighted by atomic mass is 16.1. The Hall–Kier alpha value is -1.93. The summed E-state index contributed by atoms with van der Waals surface area (Å²) in [6, 6.07) is 20.4. The third-order valence-corrected chi connectivity index (χ3v) is 3.93.